The zero-order valence-electron chi connectivity index (χ0n) is 10.2. The molecule has 0 aliphatic rings. The number of rotatable bonds is 6. The molecule has 0 aliphatic heterocycles. The predicted octanol–water partition coefficient (Wildman–Crippen LogP) is 2.86. The first-order chi connectivity index (χ1) is 8.81. The van der Waals surface area contributed by atoms with Crippen molar-refractivity contribution in [1.29, 1.82) is 0 Å². The van der Waals surface area contributed by atoms with E-state index in [1.807, 2.05) is 41.1 Å². The van der Waals surface area contributed by atoms with E-state index in [0.717, 1.165) is 16.9 Å². The number of ether oxygens (including phenoxy) is 2. The van der Waals surface area contributed by atoms with E-state index >= 15 is 0 Å². The zero-order valence-corrected chi connectivity index (χ0v) is 11.0. The largest absolute Gasteiger partial charge is 0.491 e. The summed E-state index contributed by atoms with van der Waals surface area (Å²) in [6.45, 7) is 1.10. The molecular weight excluding hydrogens is 248 g/mol. The van der Waals surface area contributed by atoms with E-state index in [9.17, 15) is 5.11 Å². The first-order valence-electron chi connectivity index (χ1n) is 5.73. The number of aliphatic hydroxyl groups is 1. The van der Waals surface area contributed by atoms with E-state index in [1.54, 1.807) is 18.4 Å². The summed E-state index contributed by atoms with van der Waals surface area (Å²) in [5.41, 5.74) is 1.79. The molecule has 0 aliphatic carbocycles. The smallest absolute Gasteiger partial charge is 0.119 e. The molecule has 1 N–H and O–H groups in total. The summed E-state index contributed by atoms with van der Waals surface area (Å²) in [6.07, 6.45) is -0.565. The van der Waals surface area contributed by atoms with Crippen LogP contribution in [0.5, 0.6) is 5.75 Å². The number of aliphatic hydroxyl groups excluding tert-OH is 1. The van der Waals surface area contributed by atoms with Gasteiger partial charge in [-0.3, -0.25) is 0 Å². The first-order valence-corrected chi connectivity index (χ1v) is 6.67. The second-order valence-electron chi connectivity index (χ2n) is 3.87. The Kier molecular flexibility index (Phi) is 4.75. The summed E-state index contributed by atoms with van der Waals surface area (Å²) in [5.74, 6) is 0.785. The van der Waals surface area contributed by atoms with Crippen molar-refractivity contribution in [3.8, 4) is 5.75 Å². The van der Waals surface area contributed by atoms with Crippen LogP contribution in [0.15, 0.2) is 41.1 Å². The van der Waals surface area contributed by atoms with Crippen LogP contribution in [-0.2, 0) is 4.74 Å². The highest BCUT2D eigenvalue weighted by molar-refractivity contribution is 7.07. The lowest BCUT2D eigenvalue weighted by Crippen LogP contribution is -2.04. The maximum Gasteiger partial charge on any atom is 0.119 e. The van der Waals surface area contributed by atoms with Crippen LogP contribution in [0.2, 0.25) is 0 Å². The average molecular weight is 264 g/mol. The highest BCUT2D eigenvalue weighted by atomic mass is 32.1. The van der Waals surface area contributed by atoms with Crippen molar-refractivity contribution in [2.24, 2.45) is 0 Å². The lowest BCUT2D eigenvalue weighted by atomic mass is 10.0. The van der Waals surface area contributed by atoms with Crippen LogP contribution in [-0.4, -0.2) is 25.4 Å². The minimum atomic E-state index is -0.565. The molecule has 4 heteroatoms. The molecule has 96 valence electrons. The van der Waals surface area contributed by atoms with E-state index in [0.29, 0.717) is 13.2 Å². The Morgan fingerprint density at radius 3 is 2.50 bits per heavy atom. The van der Waals surface area contributed by atoms with Gasteiger partial charge in [0, 0.05) is 7.11 Å². The quantitative estimate of drug-likeness (QED) is 0.815. The molecule has 0 saturated heterocycles. The van der Waals surface area contributed by atoms with Crippen molar-refractivity contribution in [3.63, 3.8) is 0 Å². The molecule has 0 unspecified atom stereocenters. The zero-order chi connectivity index (χ0) is 12.8. The topological polar surface area (TPSA) is 38.7 Å². The Hall–Kier alpha value is -1.36. The Bertz CT molecular complexity index is 450. The second kappa shape index (κ2) is 6.54. The standard InChI is InChI=1S/C14H16O3S/c1-16-7-8-17-13-4-2-11(3-5-13)14(15)12-6-9-18-10-12/h2-6,9-10,14-15H,7-8H2,1H3/t14-/m1/s1. The summed E-state index contributed by atoms with van der Waals surface area (Å²) in [4.78, 5) is 0. The summed E-state index contributed by atoms with van der Waals surface area (Å²) < 4.78 is 10.4. The van der Waals surface area contributed by atoms with Crippen molar-refractivity contribution in [2.45, 2.75) is 6.10 Å². The highest BCUT2D eigenvalue weighted by Crippen LogP contribution is 2.25. The van der Waals surface area contributed by atoms with Crippen molar-refractivity contribution >= 4 is 11.3 Å². The minimum absolute atomic E-state index is 0.531. The molecular formula is C14H16O3S. The molecule has 1 aromatic heterocycles. The molecule has 3 nitrogen and oxygen atoms in total. The van der Waals surface area contributed by atoms with Crippen LogP contribution in [0.25, 0.3) is 0 Å². The van der Waals surface area contributed by atoms with Gasteiger partial charge in [-0.15, -0.1) is 0 Å². The van der Waals surface area contributed by atoms with E-state index < -0.39 is 6.10 Å². The van der Waals surface area contributed by atoms with Crippen molar-refractivity contribution in [3.05, 3.63) is 52.2 Å². The Labute approximate surface area is 111 Å². The maximum atomic E-state index is 10.1. The van der Waals surface area contributed by atoms with E-state index in [-0.39, 0.29) is 0 Å². The van der Waals surface area contributed by atoms with E-state index in [1.165, 1.54) is 0 Å². The van der Waals surface area contributed by atoms with Gasteiger partial charge in [-0.1, -0.05) is 12.1 Å². The normalized spacial score (nSPS) is 12.3. The number of benzene rings is 1. The molecule has 0 radical (unpaired) electrons. The molecule has 0 saturated carbocycles. The molecule has 1 aromatic carbocycles. The van der Waals surface area contributed by atoms with Crippen LogP contribution in [0.3, 0.4) is 0 Å². The average Bonchev–Trinajstić information content (AvgIpc) is 2.93. The van der Waals surface area contributed by atoms with Gasteiger partial charge in [0.15, 0.2) is 0 Å². The monoisotopic (exact) mass is 264 g/mol. The number of hydrogen-bond acceptors (Lipinski definition) is 4. The first kappa shape index (κ1) is 13.1. The van der Waals surface area contributed by atoms with E-state index in [4.69, 9.17) is 9.47 Å². The summed E-state index contributed by atoms with van der Waals surface area (Å²) in [6, 6.07) is 9.41. The highest BCUT2D eigenvalue weighted by Gasteiger charge is 2.10. The summed E-state index contributed by atoms with van der Waals surface area (Å²) in [5, 5.41) is 14.0. The Morgan fingerprint density at radius 1 is 1.11 bits per heavy atom. The van der Waals surface area contributed by atoms with Crippen molar-refractivity contribution < 1.29 is 14.6 Å². The third-order valence-electron chi connectivity index (χ3n) is 2.61. The summed E-state index contributed by atoms with van der Waals surface area (Å²) in [7, 11) is 1.64. The van der Waals surface area contributed by atoms with Crippen molar-refractivity contribution in [2.75, 3.05) is 20.3 Å². The molecule has 0 bridgehead atoms. The predicted molar refractivity (Wildman–Crippen MR) is 72.2 cm³/mol. The number of hydrogen-bond donors (Lipinski definition) is 1. The van der Waals surface area contributed by atoms with Crippen LogP contribution in [0, 0.1) is 0 Å². The summed E-state index contributed by atoms with van der Waals surface area (Å²) >= 11 is 1.58. The minimum Gasteiger partial charge on any atom is -0.491 e. The Balaban J connectivity index is 1.99. The fraction of sp³-hybridized carbons (Fsp3) is 0.286. The third-order valence-corrected chi connectivity index (χ3v) is 3.31. The lowest BCUT2D eigenvalue weighted by molar-refractivity contribution is 0.146. The SMILES string of the molecule is COCCOc1ccc([C@@H](O)c2ccsc2)cc1. The van der Waals surface area contributed by atoms with Gasteiger partial charge in [-0.25, -0.2) is 0 Å². The third kappa shape index (κ3) is 3.32. The van der Waals surface area contributed by atoms with Gasteiger partial charge in [-0.05, 0) is 40.1 Å². The second-order valence-corrected chi connectivity index (χ2v) is 4.65. The van der Waals surface area contributed by atoms with Crippen molar-refractivity contribution in [1.82, 2.24) is 0 Å². The van der Waals surface area contributed by atoms with Gasteiger partial charge < -0.3 is 14.6 Å². The fourth-order valence-corrected chi connectivity index (χ4v) is 2.29. The van der Waals surface area contributed by atoms with Crippen LogP contribution < -0.4 is 4.74 Å². The molecule has 1 heterocycles. The van der Waals surface area contributed by atoms with Crippen LogP contribution >= 0.6 is 11.3 Å². The molecule has 2 aromatic rings. The van der Waals surface area contributed by atoms with Gasteiger partial charge in [0.05, 0.1) is 6.61 Å². The van der Waals surface area contributed by atoms with Gasteiger partial charge in [0.25, 0.3) is 0 Å². The van der Waals surface area contributed by atoms with Crippen LogP contribution in [0.1, 0.15) is 17.2 Å². The molecule has 0 spiro atoms. The van der Waals surface area contributed by atoms with Crippen LogP contribution in [0.4, 0.5) is 0 Å². The number of methoxy groups -OCH3 is 1. The Morgan fingerprint density at radius 2 is 1.89 bits per heavy atom. The maximum absolute atomic E-state index is 10.1. The fourth-order valence-electron chi connectivity index (χ4n) is 1.61. The molecule has 18 heavy (non-hydrogen) atoms. The van der Waals surface area contributed by atoms with Gasteiger partial charge >= 0.3 is 0 Å². The van der Waals surface area contributed by atoms with Gasteiger partial charge in [-0.2, -0.15) is 11.3 Å². The molecule has 0 fully saturated rings. The van der Waals surface area contributed by atoms with E-state index in [2.05, 4.69) is 0 Å². The lowest BCUT2D eigenvalue weighted by Gasteiger charge is -2.10. The molecule has 0 amide bonds. The van der Waals surface area contributed by atoms with Gasteiger partial charge in [0.2, 0.25) is 0 Å². The molecule has 1 atom stereocenters. The van der Waals surface area contributed by atoms with Gasteiger partial charge in [0.1, 0.15) is 18.5 Å². The number of thiophene rings is 1. The molecule has 2 rings (SSSR count).